The first-order chi connectivity index (χ1) is 5.15. The van der Waals surface area contributed by atoms with Crippen molar-refractivity contribution in [3.8, 4) is 6.07 Å². The maximum atomic E-state index is 8.58. The van der Waals surface area contributed by atoms with E-state index in [2.05, 4.69) is 22.6 Å². The van der Waals surface area contributed by atoms with Crippen LogP contribution >= 0.6 is 22.6 Å². The molecule has 56 valence electrons. The van der Waals surface area contributed by atoms with Gasteiger partial charge in [0.1, 0.15) is 6.07 Å². The van der Waals surface area contributed by atoms with E-state index in [0.717, 1.165) is 3.57 Å². The van der Waals surface area contributed by atoms with E-state index in [1.165, 1.54) is 0 Å². The quantitative estimate of drug-likeness (QED) is 0.545. The summed E-state index contributed by atoms with van der Waals surface area (Å²) in [6.45, 7) is 0. The second-order valence-electron chi connectivity index (χ2n) is 2.07. The summed E-state index contributed by atoms with van der Waals surface area (Å²) in [5, 5.41) is 8.58. The van der Waals surface area contributed by atoms with E-state index < -0.39 is 0 Å². The Hall–Kier alpha value is -0.960. The summed E-state index contributed by atoms with van der Waals surface area (Å²) in [6.07, 6.45) is 0. The number of hydrogen-bond donors (Lipinski definition) is 2. The Morgan fingerprint density at radius 2 is 1.73 bits per heavy atom. The molecule has 0 unspecified atom stereocenters. The molecule has 11 heavy (non-hydrogen) atoms. The van der Waals surface area contributed by atoms with Crippen LogP contribution in [0.3, 0.4) is 0 Å². The third-order valence-electron chi connectivity index (χ3n) is 1.28. The van der Waals surface area contributed by atoms with Crippen molar-refractivity contribution in [3.63, 3.8) is 0 Å². The van der Waals surface area contributed by atoms with E-state index in [1.54, 1.807) is 12.1 Å². The number of nitrogens with two attached hydrogens (primary N) is 2. The number of nitriles is 1. The van der Waals surface area contributed by atoms with E-state index in [-0.39, 0.29) is 0 Å². The summed E-state index contributed by atoms with van der Waals surface area (Å²) in [5.74, 6) is 0. The zero-order chi connectivity index (χ0) is 8.43. The minimum absolute atomic E-state index is 0.366. The van der Waals surface area contributed by atoms with Gasteiger partial charge in [-0.15, -0.1) is 0 Å². The molecule has 0 spiro atoms. The first-order valence-corrected chi connectivity index (χ1v) is 3.97. The smallest absolute Gasteiger partial charge is 0.103 e. The molecule has 0 aliphatic carbocycles. The molecule has 1 aromatic rings. The van der Waals surface area contributed by atoms with Crippen LogP contribution < -0.4 is 11.5 Å². The van der Waals surface area contributed by atoms with Crippen LogP contribution in [-0.4, -0.2) is 0 Å². The first kappa shape index (κ1) is 8.14. The maximum absolute atomic E-state index is 8.58. The lowest BCUT2D eigenvalue weighted by Gasteiger charge is -2.01. The third kappa shape index (κ3) is 1.54. The fourth-order valence-electron chi connectivity index (χ4n) is 0.779. The molecule has 4 N–H and O–H groups in total. The molecule has 0 aromatic heterocycles. The standard InChI is InChI=1S/C7H6IN3/c8-4-1-6(10)5(3-9)7(11)2-4/h1-2H,10-11H2. The molecule has 0 aliphatic heterocycles. The second kappa shape index (κ2) is 2.96. The van der Waals surface area contributed by atoms with E-state index >= 15 is 0 Å². The molecule has 0 saturated heterocycles. The lowest BCUT2D eigenvalue weighted by atomic mass is 10.1. The second-order valence-corrected chi connectivity index (χ2v) is 3.32. The van der Waals surface area contributed by atoms with Gasteiger partial charge < -0.3 is 11.5 Å². The average molecular weight is 259 g/mol. The summed E-state index contributed by atoms with van der Waals surface area (Å²) in [5.41, 5.74) is 12.3. The highest BCUT2D eigenvalue weighted by Gasteiger charge is 2.03. The Bertz CT molecular complexity index is 304. The van der Waals surface area contributed by atoms with Gasteiger partial charge in [0.25, 0.3) is 0 Å². The number of hydrogen-bond acceptors (Lipinski definition) is 3. The minimum Gasteiger partial charge on any atom is -0.398 e. The summed E-state index contributed by atoms with van der Waals surface area (Å²) in [7, 11) is 0. The maximum Gasteiger partial charge on any atom is 0.103 e. The average Bonchev–Trinajstić information content (AvgIpc) is 1.85. The summed E-state index contributed by atoms with van der Waals surface area (Å²) in [4.78, 5) is 0. The Kier molecular flexibility index (Phi) is 2.19. The SMILES string of the molecule is N#Cc1c(N)cc(I)cc1N. The van der Waals surface area contributed by atoms with Crippen molar-refractivity contribution in [1.82, 2.24) is 0 Å². The Morgan fingerprint density at radius 1 is 1.27 bits per heavy atom. The molecule has 0 radical (unpaired) electrons. The van der Waals surface area contributed by atoms with Crippen LogP contribution in [0.5, 0.6) is 0 Å². The van der Waals surface area contributed by atoms with Crippen molar-refractivity contribution in [2.75, 3.05) is 11.5 Å². The molecule has 0 fully saturated rings. The summed E-state index contributed by atoms with van der Waals surface area (Å²) >= 11 is 2.09. The molecule has 4 heteroatoms. The van der Waals surface area contributed by atoms with Crippen LogP contribution in [0.25, 0.3) is 0 Å². The van der Waals surface area contributed by atoms with Gasteiger partial charge in [0, 0.05) is 3.57 Å². The molecular weight excluding hydrogens is 253 g/mol. The Labute approximate surface area is 78.1 Å². The molecule has 0 aliphatic rings. The largest absolute Gasteiger partial charge is 0.398 e. The van der Waals surface area contributed by atoms with Crippen LogP contribution in [0, 0.1) is 14.9 Å². The highest BCUT2D eigenvalue weighted by atomic mass is 127. The number of nitrogens with zero attached hydrogens (tertiary/aromatic N) is 1. The highest BCUT2D eigenvalue weighted by molar-refractivity contribution is 14.1. The van der Waals surface area contributed by atoms with Gasteiger partial charge in [0.15, 0.2) is 0 Å². The monoisotopic (exact) mass is 259 g/mol. The molecule has 0 heterocycles. The highest BCUT2D eigenvalue weighted by Crippen LogP contribution is 2.21. The van der Waals surface area contributed by atoms with E-state index in [9.17, 15) is 0 Å². The minimum atomic E-state index is 0.366. The Balaban J connectivity index is 3.40. The molecule has 0 bridgehead atoms. The lowest BCUT2D eigenvalue weighted by Crippen LogP contribution is -1.97. The zero-order valence-corrected chi connectivity index (χ0v) is 7.79. The van der Waals surface area contributed by atoms with Crippen LogP contribution in [0.4, 0.5) is 11.4 Å². The van der Waals surface area contributed by atoms with E-state index in [4.69, 9.17) is 16.7 Å². The molecule has 0 atom stereocenters. The number of rotatable bonds is 0. The fraction of sp³-hybridized carbons (Fsp3) is 0. The van der Waals surface area contributed by atoms with Gasteiger partial charge in [-0.2, -0.15) is 5.26 Å². The third-order valence-corrected chi connectivity index (χ3v) is 1.90. The summed E-state index contributed by atoms with van der Waals surface area (Å²) < 4.78 is 0.941. The van der Waals surface area contributed by atoms with Crippen molar-refractivity contribution in [2.24, 2.45) is 0 Å². The predicted octanol–water partition coefficient (Wildman–Crippen LogP) is 1.33. The molecule has 1 rings (SSSR count). The van der Waals surface area contributed by atoms with Gasteiger partial charge in [0.05, 0.1) is 16.9 Å². The Morgan fingerprint density at radius 3 is 2.09 bits per heavy atom. The molecule has 1 aromatic carbocycles. The van der Waals surface area contributed by atoms with Gasteiger partial charge in [-0.05, 0) is 34.7 Å². The van der Waals surface area contributed by atoms with Crippen molar-refractivity contribution in [2.45, 2.75) is 0 Å². The number of nitrogen functional groups attached to an aromatic ring is 2. The van der Waals surface area contributed by atoms with Crippen molar-refractivity contribution in [1.29, 1.82) is 5.26 Å². The van der Waals surface area contributed by atoms with E-state index in [1.807, 2.05) is 6.07 Å². The summed E-state index contributed by atoms with van der Waals surface area (Å²) in [6, 6.07) is 5.37. The van der Waals surface area contributed by atoms with Crippen LogP contribution in [-0.2, 0) is 0 Å². The normalized spacial score (nSPS) is 9.09. The molecule has 0 amide bonds. The van der Waals surface area contributed by atoms with Crippen LogP contribution in [0.2, 0.25) is 0 Å². The molecular formula is C7H6IN3. The fourth-order valence-corrected chi connectivity index (χ4v) is 1.45. The van der Waals surface area contributed by atoms with Gasteiger partial charge in [-0.1, -0.05) is 0 Å². The van der Waals surface area contributed by atoms with Crippen molar-refractivity contribution in [3.05, 3.63) is 21.3 Å². The first-order valence-electron chi connectivity index (χ1n) is 2.89. The zero-order valence-electron chi connectivity index (χ0n) is 5.63. The number of anilines is 2. The van der Waals surface area contributed by atoms with Crippen molar-refractivity contribution >= 4 is 34.0 Å². The number of halogens is 1. The van der Waals surface area contributed by atoms with E-state index in [0.29, 0.717) is 16.9 Å². The number of benzene rings is 1. The predicted molar refractivity (Wildman–Crippen MR) is 52.7 cm³/mol. The lowest BCUT2D eigenvalue weighted by molar-refractivity contribution is 1.48. The van der Waals surface area contributed by atoms with Crippen LogP contribution in [0.15, 0.2) is 12.1 Å². The topological polar surface area (TPSA) is 75.8 Å². The molecule has 3 nitrogen and oxygen atoms in total. The van der Waals surface area contributed by atoms with Gasteiger partial charge in [-0.3, -0.25) is 0 Å². The van der Waals surface area contributed by atoms with Gasteiger partial charge in [0.2, 0.25) is 0 Å². The van der Waals surface area contributed by atoms with Gasteiger partial charge in [-0.25, -0.2) is 0 Å². The van der Waals surface area contributed by atoms with Crippen molar-refractivity contribution < 1.29 is 0 Å². The molecule has 0 saturated carbocycles. The van der Waals surface area contributed by atoms with Gasteiger partial charge >= 0.3 is 0 Å². The van der Waals surface area contributed by atoms with Crippen LogP contribution in [0.1, 0.15) is 5.56 Å².